The van der Waals surface area contributed by atoms with Crippen LogP contribution >= 0.6 is 0 Å². The number of para-hydroxylation sites is 5. The summed E-state index contributed by atoms with van der Waals surface area (Å²) < 4.78 is 4.92. The highest BCUT2D eigenvalue weighted by molar-refractivity contribution is 6.14. The molecule has 3 nitrogen and oxygen atoms in total. The zero-order valence-electron chi connectivity index (χ0n) is 37.5. The first-order chi connectivity index (χ1) is 34.2. The van der Waals surface area contributed by atoms with Crippen LogP contribution in [-0.4, -0.2) is 14.1 Å². The lowest BCUT2D eigenvalue weighted by molar-refractivity contribution is 0.748. The molecular formula is C66H41N3. The zero-order chi connectivity index (χ0) is 45.2. The van der Waals surface area contributed by atoms with E-state index in [4.69, 9.17) is 4.98 Å². The monoisotopic (exact) mass is 875 g/mol. The average Bonchev–Trinajstić information content (AvgIpc) is 4.05. The molecule has 2 aliphatic rings. The van der Waals surface area contributed by atoms with Crippen LogP contribution in [0.5, 0.6) is 0 Å². The first-order valence-corrected chi connectivity index (χ1v) is 23.9. The van der Waals surface area contributed by atoms with Gasteiger partial charge in [-0.25, -0.2) is 4.98 Å². The predicted molar refractivity (Wildman–Crippen MR) is 286 cm³/mol. The first-order valence-electron chi connectivity index (χ1n) is 23.9. The molecule has 15 rings (SSSR count). The van der Waals surface area contributed by atoms with E-state index in [2.05, 4.69) is 258 Å². The molecule has 3 heteroatoms. The molecule has 0 amide bonds. The van der Waals surface area contributed by atoms with Gasteiger partial charge in [-0.2, -0.15) is 0 Å². The van der Waals surface area contributed by atoms with Crippen LogP contribution in [0.1, 0.15) is 22.3 Å². The fourth-order valence-electron chi connectivity index (χ4n) is 12.3. The van der Waals surface area contributed by atoms with Gasteiger partial charge in [-0.15, -0.1) is 0 Å². The number of benzene rings is 10. The lowest BCUT2D eigenvalue weighted by Gasteiger charge is -2.39. The van der Waals surface area contributed by atoms with Crippen LogP contribution in [0.2, 0.25) is 0 Å². The second-order valence-electron chi connectivity index (χ2n) is 18.6. The molecule has 0 fully saturated rings. The van der Waals surface area contributed by atoms with Gasteiger partial charge in [0.15, 0.2) is 0 Å². The minimum absolute atomic E-state index is 0.619. The summed E-state index contributed by atoms with van der Waals surface area (Å²) in [5.41, 5.74) is 23.0. The molecule has 0 saturated carbocycles. The summed E-state index contributed by atoms with van der Waals surface area (Å²) in [6.07, 6.45) is 0. The largest absolute Gasteiger partial charge is 0.309 e. The standard InChI is InChI=1S/C66H41N3/c1-4-18-42(19-5-1)46-40-58(43-20-6-2-7-21-43)67-59(41-46)51-27-17-29-56-64(51)53-39-44(45-35-37-62-52(38-45)49-25-11-13-31-60(49)68(62)47-22-8-3-9-23-47)34-36-54(53)66(56)55-28-12-15-33-63(55)69-61-32-14-10-24-48(61)50-26-16-30-57(66)65(50)69/h1-41H. The Morgan fingerprint density at radius 3 is 1.70 bits per heavy atom. The Balaban J connectivity index is 1.04. The van der Waals surface area contributed by atoms with Crippen LogP contribution in [0.4, 0.5) is 0 Å². The second kappa shape index (κ2) is 14.5. The second-order valence-corrected chi connectivity index (χ2v) is 18.6. The molecule has 320 valence electrons. The summed E-state index contributed by atoms with van der Waals surface area (Å²) in [7, 11) is 0. The molecule has 10 aromatic carbocycles. The molecule has 13 aromatic rings. The van der Waals surface area contributed by atoms with Gasteiger partial charge in [-0.1, -0.05) is 188 Å². The highest BCUT2D eigenvalue weighted by Gasteiger charge is 2.51. The normalized spacial score (nSPS) is 14.4. The van der Waals surface area contributed by atoms with Crippen molar-refractivity contribution >= 4 is 43.6 Å². The molecule has 0 radical (unpaired) electrons. The molecule has 1 spiro atoms. The molecule has 1 atom stereocenters. The average molecular weight is 876 g/mol. The van der Waals surface area contributed by atoms with Crippen molar-refractivity contribution in [1.82, 2.24) is 14.1 Å². The van der Waals surface area contributed by atoms with Gasteiger partial charge in [0.05, 0.1) is 44.6 Å². The molecular weight excluding hydrogens is 835 g/mol. The fraction of sp³-hybridized carbons (Fsp3) is 0.0152. The lowest BCUT2D eigenvalue weighted by Crippen LogP contribution is -2.33. The number of nitrogens with zero attached hydrogens (tertiary/aromatic N) is 3. The summed E-state index contributed by atoms with van der Waals surface area (Å²) in [6.45, 7) is 0. The van der Waals surface area contributed by atoms with Crippen LogP contribution in [0, 0.1) is 0 Å². The van der Waals surface area contributed by atoms with Crippen LogP contribution in [-0.2, 0) is 5.41 Å². The number of hydrogen-bond acceptors (Lipinski definition) is 1. The molecule has 0 N–H and O–H groups in total. The van der Waals surface area contributed by atoms with E-state index in [1.165, 1.54) is 93.8 Å². The van der Waals surface area contributed by atoms with Crippen LogP contribution in [0.3, 0.4) is 0 Å². The van der Waals surface area contributed by atoms with Crippen LogP contribution in [0.25, 0.3) is 111 Å². The number of fused-ring (bicyclic) bond motifs is 15. The van der Waals surface area contributed by atoms with Gasteiger partial charge in [0, 0.05) is 38.4 Å². The Hall–Kier alpha value is -9.05. The quantitative estimate of drug-likeness (QED) is 0.169. The van der Waals surface area contributed by atoms with Crippen LogP contribution in [0.15, 0.2) is 249 Å². The van der Waals surface area contributed by atoms with Gasteiger partial charge in [0.2, 0.25) is 0 Å². The summed E-state index contributed by atoms with van der Waals surface area (Å²) >= 11 is 0. The van der Waals surface area contributed by atoms with E-state index in [1.54, 1.807) is 0 Å². The van der Waals surface area contributed by atoms with Gasteiger partial charge in [0.1, 0.15) is 0 Å². The van der Waals surface area contributed by atoms with Crippen molar-refractivity contribution in [2.24, 2.45) is 0 Å². The van der Waals surface area contributed by atoms with Crippen molar-refractivity contribution in [3.8, 4) is 67.3 Å². The summed E-state index contributed by atoms with van der Waals surface area (Å²) in [5.74, 6) is 0. The van der Waals surface area contributed by atoms with Crippen molar-refractivity contribution in [2.45, 2.75) is 5.41 Å². The van der Waals surface area contributed by atoms with Crippen molar-refractivity contribution < 1.29 is 0 Å². The van der Waals surface area contributed by atoms with E-state index in [0.717, 1.165) is 39.3 Å². The van der Waals surface area contributed by atoms with Crippen molar-refractivity contribution in [3.63, 3.8) is 0 Å². The molecule has 1 aliphatic carbocycles. The third-order valence-electron chi connectivity index (χ3n) is 15.1. The molecule has 0 bridgehead atoms. The van der Waals surface area contributed by atoms with Gasteiger partial charge in [0.25, 0.3) is 0 Å². The Morgan fingerprint density at radius 1 is 0.304 bits per heavy atom. The number of rotatable bonds is 5. The SMILES string of the molecule is c1ccc(-c2cc(-c3ccccc3)nc(-c3cccc4c3-c3cc(-c5ccc6c(c5)c5ccccc5n6-c5ccccc5)ccc3C43c4ccccc4-n4c5ccccc5c5cccc3c54)c2)cc1. The highest BCUT2D eigenvalue weighted by Crippen LogP contribution is 2.63. The van der Waals surface area contributed by atoms with Crippen molar-refractivity contribution in [3.05, 3.63) is 271 Å². The third-order valence-corrected chi connectivity index (χ3v) is 15.1. The minimum Gasteiger partial charge on any atom is -0.309 e. The maximum atomic E-state index is 5.60. The lowest BCUT2D eigenvalue weighted by atomic mass is 9.65. The number of aromatic nitrogens is 3. The fourth-order valence-corrected chi connectivity index (χ4v) is 12.3. The molecule has 1 aliphatic heterocycles. The van der Waals surface area contributed by atoms with Gasteiger partial charge in [-0.3, -0.25) is 0 Å². The Labute approximate surface area is 399 Å². The minimum atomic E-state index is -0.619. The van der Waals surface area contributed by atoms with E-state index >= 15 is 0 Å². The number of pyridine rings is 1. The maximum absolute atomic E-state index is 5.60. The summed E-state index contributed by atoms with van der Waals surface area (Å²) in [4.78, 5) is 5.60. The summed E-state index contributed by atoms with van der Waals surface area (Å²) in [6, 6.07) is 91.7. The summed E-state index contributed by atoms with van der Waals surface area (Å²) in [5, 5.41) is 5.02. The van der Waals surface area contributed by atoms with Crippen molar-refractivity contribution in [2.75, 3.05) is 0 Å². The Bertz CT molecular complexity index is 4180. The Kier molecular flexibility index (Phi) is 7.99. The molecule has 0 saturated heterocycles. The smallest absolute Gasteiger partial charge is 0.0754 e. The first kappa shape index (κ1) is 38.1. The molecule has 1 unspecified atom stereocenters. The zero-order valence-corrected chi connectivity index (χ0v) is 37.5. The van der Waals surface area contributed by atoms with Gasteiger partial charge >= 0.3 is 0 Å². The van der Waals surface area contributed by atoms with Gasteiger partial charge in [-0.05, 0) is 116 Å². The van der Waals surface area contributed by atoms with E-state index in [-0.39, 0.29) is 0 Å². The highest BCUT2D eigenvalue weighted by atomic mass is 15.0. The van der Waals surface area contributed by atoms with E-state index in [0.29, 0.717) is 0 Å². The molecule has 69 heavy (non-hydrogen) atoms. The van der Waals surface area contributed by atoms with E-state index in [1.807, 2.05) is 0 Å². The maximum Gasteiger partial charge on any atom is 0.0754 e. The van der Waals surface area contributed by atoms with Crippen molar-refractivity contribution in [1.29, 1.82) is 0 Å². The van der Waals surface area contributed by atoms with Crippen LogP contribution < -0.4 is 0 Å². The van der Waals surface area contributed by atoms with Gasteiger partial charge < -0.3 is 9.13 Å². The van der Waals surface area contributed by atoms with E-state index in [9.17, 15) is 0 Å². The molecule has 4 heterocycles. The van der Waals surface area contributed by atoms with E-state index < -0.39 is 5.41 Å². The Morgan fingerprint density at radius 2 is 0.884 bits per heavy atom. The predicted octanol–water partition coefficient (Wildman–Crippen LogP) is 16.6. The number of hydrogen-bond donors (Lipinski definition) is 0. The third kappa shape index (κ3) is 5.30. The molecule has 3 aromatic heterocycles. The topological polar surface area (TPSA) is 22.8 Å².